The fourth-order valence-electron chi connectivity index (χ4n) is 15.2. The molecule has 64 heavy (non-hydrogen) atoms. The second kappa shape index (κ2) is 13.4. The number of rotatable bonds is 5. The molecule has 7 aliphatic rings. The maximum Gasteiger partial charge on any atom is 0.0540 e. The fourth-order valence-corrected chi connectivity index (χ4v) is 15.2. The van der Waals surface area contributed by atoms with Gasteiger partial charge in [0, 0.05) is 27.8 Å². The van der Waals surface area contributed by atoms with Gasteiger partial charge in [-0.05, 0) is 188 Å². The van der Waals surface area contributed by atoms with Crippen LogP contribution in [0.2, 0.25) is 0 Å². The molecular formula is C63H61N. The van der Waals surface area contributed by atoms with E-state index in [4.69, 9.17) is 0 Å². The first kappa shape index (κ1) is 38.8. The highest BCUT2D eigenvalue weighted by molar-refractivity contribution is 5.92. The standard InChI is InChI=1S/C63H61N/c1-60(2)30-31-61(3,4)59-52(17-13-20-55(59)60)51-16-9-12-21-58(51)64(46-27-29-49-47-14-7-10-18-53(47)62(5,6)56(49)38-46)45-25-22-41(23-26-45)42-24-28-50-48-15-8-11-19-54(48)63(57(50)37-42)43-33-39-32-40(35-43)36-44(63)34-39/h7-29,37-40,43-44H,30-36H2,1-6H3. The van der Waals surface area contributed by atoms with Gasteiger partial charge in [0.1, 0.15) is 0 Å². The first-order chi connectivity index (χ1) is 30.9. The molecule has 4 fully saturated rings. The molecular weight excluding hydrogens is 771 g/mol. The van der Waals surface area contributed by atoms with Gasteiger partial charge in [-0.1, -0.05) is 157 Å². The molecule has 7 aromatic carbocycles. The van der Waals surface area contributed by atoms with E-state index in [-0.39, 0.29) is 21.7 Å². The molecule has 318 valence electrons. The van der Waals surface area contributed by atoms with Crippen LogP contribution >= 0.6 is 0 Å². The van der Waals surface area contributed by atoms with Crippen molar-refractivity contribution in [3.8, 4) is 44.5 Å². The van der Waals surface area contributed by atoms with Gasteiger partial charge in [-0.2, -0.15) is 0 Å². The minimum atomic E-state index is -0.104. The summed E-state index contributed by atoms with van der Waals surface area (Å²) in [6.07, 6.45) is 9.48. The average molecular weight is 832 g/mol. The predicted molar refractivity (Wildman–Crippen MR) is 268 cm³/mol. The van der Waals surface area contributed by atoms with Crippen molar-refractivity contribution in [1.29, 1.82) is 0 Å². The second-order valence-electron chi connectivity index (χ2n) is 22.8. The first-order valence-electron chi connectivity index (χ1n) is 24.6. The molecule has 7 aromatic rings. The zero-order valence-corrected chi connectivity index (χ0v) is 38.6. The van der Waals surface area contributed by atoms with E-state index >= 15 is 0 Å². The van der Waals surface area contributed by atoms with Crippen LogP contribution in [0.25, 0.3) is 44.5 Å². The highest BCUT2D eigenvalue weighted by Crippen LogP contribution is 2.69. The second-order valence-corrected chi connectivity index (χ2v) is 22.8. The van der Waals surface area contributed by atoms with E-state index in [1.807, 2.05) is 0 Å². The highest BCUT2D eigenvalue weighted by atomic mass is 15.1. The Hall–Kier alpha value is -5.66. The van der Waals surface area contributed by atoms with E-state index in [9.17, 15) is 0 Å². The Morgan fingerprint density at radius 3 is 1.66 bits per heavy atom. The summed E-state index contributed by atoms with van der Waals surface area (Å²) in [5.41, 5.74) is 23.9. The van der Waals surface area contributed by atoms with Crippen LogP contribution in [0.3, 0.4) is 0 Å². The number of fused-ring (bicyclic) bond motifs is 7. The van der Waals surface area contributed by atoms with Crippen molar-refractivity contribution in [3.05, 3.63) is 185 Å². The van der Waals surface area contributed by atoms with Crippen molar-refractivity contribution in [1.82, 2.24) is 0 Å². The Balaban J connectivity index is 0.961. The van der Waals surface area contributed by atoms with Crippen molar-refractivity contribution >= 4 is 17.1 Å². The summed E-state index contributed by atoms with van der Waals surface area (Å²) in [5, 5.41) is 0. The molecule has 0 N–H and O–H groups in total. The molecule has 7 aliphatic carbocycles. The highest BCUT2D eigenvalue weighted by Gasteiger charge is 2.61. The Labute approximate surface area is 381 Å². The van der Waals surface area contributed by atoms with E-state index < -0.39 is 0 Å². The van der Waals surface area contributed by atoms with Crippen LogP contribution in [-0.4, -0.2) is 0 Å². The van der Waals surface area contributed by atoms with Gasteiger partial charge in [0.15, 0.2) is 0 Å². The molecule has 4 bridgehead atoms. The molecule has 0 aliphatic heterocycles. The summed E-state index contributed by atoms with van der Waals surface area (Å²) in [4.78, 5) is 2.56. The smallest absolute Gasteiger partial charge is 0.0540 e. The summed E-state index contributed by atoms with van der Waals surface area (Å²) in [6.45, 7) is 14.6. The maximum atomic E-state index is 2.64. The predicted octanol–water partition coefficient (Wildman–Crippen LogP) is 16.9. The maximum absolute atomic E-state index is 2.64. The Bertz CT molecular complexity index is 3020. The largest absolute Gasteiger partial charge is 0.310 e. The molecule has 0 amide bonds. The summed E-state index contributed by atoms with van der Waals surface area (Å²) in [6, 6.07) is 59.2. The quantitative estimate of drug-likeness (QED) is 0.167. The van der Waals surface area contributed by atoms with Gasteiger partial charge in [0.2, 0.25) is 0 Å². The molecule has 0 heterocycles. The third-order valence-electron chi connectivity index (χ3n) is 18.1. The van der Waals surface area contributed by atoms with Crippen molar-refractivity contribution in [3.63, 3.8) is 0 Å². The molecule has 1 nitrogen and oxygen atoms in total. The van der Waals surface area contributed by atoms with Crippen LogP contribution in [0, 0.1) is 23.7 Å². The number of para-hydroxylation sites is 1. The van der Waals surface area contributed by atoms with Crippen molar-refractivity contribution in [2.24, 2.45) is 23.7 Å². The van der Waals surface area contributed by atoms with Gasteiger partial charge >= 0.3 is 0 Å². The molecule has 0 radical (unpaired) electrons. The monoisotopic (exact) mass is 831 g/mol. The zero-order chi connectivity index (χ0) is 43.3. The van der Waals surface area contributed by atoms with Gasteiger partial charge in [0.25, 0.3) is 0 Å². The number of anilines is 3. The number of nitrogens with zero attached hydrogens (tertiary/aromatic N) is 1. The third-order valence-corrected chi connectivity index (χ3v) is 18.1. The van der Waals surface area contributed by atoms with E-state index in [0.717, 1.165) is 23.7 Å². The minimum Gasteiger partial charge on any atom is -0.310 e. The lowest BCUT2D eigenvalue weighted by molar-refractivity contribution is -0.0399. The van der Waals surface area contributed by atoms with E-state index in [0.29, 0.717) is 0 Å². The molecule has 4 saturated carbocycles. The number of benzene rings is 7. The van der Waals surface area contributed by atoms with Crippen LogP contribution < -0.4 is 4.90 Å². The lowest BCUT2D eigenvalue weighted by Crippen LogP contribution is -2.55. The molecule has 1 heteroatoms. The van der Waals surface area contributed by atoms with Gasteiger partial charge < -0.3 is 4.90 Å². The topological polar surface area (TPSA) is 3.24 Å². The summed E-state index contributed by atoms with van der Waals surface area (Å²) in [5.74, 6) is 3.39. The molecule has 14 rings (SSSR count). The summed E-state index contributed by atoms with van der Waals surface area (Å²) in [7, 11) is 0. The first-order valence-corrected chi connectivity index (χ1v) is 24.6. The van der Waals surface area contributed by atoms with Crippen LogP contribution in [0.4, 0.5) is 17.1 Å². The summed E-state index contributed by atoms with van der Waals surface area (Å²) >= 11 is 0. The summed E-state index contributed by atoms with van der Waals surface area (Å²) < 4.78 is 0. The minimum absolute atomic E-state index is 0.0663. The van der Waals surface area contributed by atoms with Crippen molar-refractivity contribution in [2.75, 3.05) is 4.90 Å². The van der Waals surface area contributed by atoms with Gasteiger partial charge in [0.05, 0.1) is 5.69 Å². The molecule has 0 unspecified atom stereocenters. The number of hydrogen-bond acceptors (Lipinski definition) is 1. The fraction of sp³-hybridized carbons (Fsp3) is 0.333. The van der Waals surface area contributed by atoms with Crippen molar-refractivity contribution < 1.29 is 0 Å². The van der Waals surface area contributed by atoms with Crippen molar-refractivity contribution in [2.45, 2.75) is 108 Å². The Morgan fingerprint density at radius 1 is 0.391 bits per heavy atom. The average Bonchev–Trinajstić information content (AvgIpc) is 3.72. The zero-order valence-electron chi connectivity index (χ0n) is 38.6. The molecule has 1 spiro atoms. The molecule has 0 atom stereocenters. The van der Waals surface area contributed by atoms with Gasteiger partial charge in [-0.25, -0.2) is 0 Å². The van der Waals surface area contributed by atoms with E-state index in [1.165, 1.54) is 129 Å². The number of hydrogen-bond donors (Lipinski definition) is 0. The van der Waals surface area contributed by atoms with Crippen LogP contribution in [0.15, 0.2) is 152 Å². The third kappa shape index (κ3) is 5.31. The molecule has 0 aromatic heterocycles. The van der Waals surface area contributed by atoms with E-state index in [2.05, 4.69) is 198 Å². The van der Waals surface area contributed by atoms with Crippen LogP contribution in [-0.2, 0) is 21.7 Å². The van der Waals surface area contributed by atoms with Gasteiger partial charge in [-0.3, -0.25) is 0 Å². The Kier molecular flexibility index (Phi) is 8.15. The van der Waals surface area contributed by atoms with Crippen LogP contribution in [0.5, 0.6) is 0 Å². The van der Waals surface area contributed by atoms with Crippen LogP contribution in [0.1, 0.15) is 120 Å². The lowest BCUT2D eigenvalue weighted by atomic mass is 9.43. The lowest BCUT2D eigenvalue weighted by Gasteiger charge is -2.61. The SMILES string of the molecule is CC1(C)CCC(C)(C)c2c(-c3ccccc3N(c3ccc(-c4ccc5c(c4)C4(c6ccccc6-5)C5CC6CC(C5)CC4C6)cc3)c3ccc4c(c3)C(C)(C)c3ccccc3-4)cccc21. The normalized spacial score (nSPS) is 25.3. The Morgan fingerprint density at radius 2 is 0.922 bits per heavy atom. The van der Waals surface area contributed by atoms with Gasteiger partial charge in [-0.15, -0.1) is 0 Å². The molecule has 0 saturated heterocycles. The van der Waals surface area contributed by atoms with E-state index in [1.54, 1.807) is 11.1 Å².